The fourth-order valence-corrected chi connectivity index (χ4v) is 4.03. The lowest BCUT2D eigenvalue weighted by Crippen LogP contribution is -2.31. The van der Waals surface area contributed by atoms with E-state index >= 15 is 0 Å². The second-order valence-corrected chi connectivity index (χ2v) is 7.16. The van der Waals surface area contributed by atoms with Crippen molar-refractivity contribution in [3.63, 3.8) is 0 Å². The maximum absolute atomic E-state index is 12.7. The number of carbonyl (C=O) groups is 6. The first-order valence-corrected chi connectivity index (χ1v) is 9.40. The minimum atomic E-state index is -1.42. The Hall–Kier alpha value is -5.94. The van der Waals surface area contributed by atoms with Gasteiger partial charge in [-0.05, 0) is 10.4 Å². The zero-order chi connectivity index (χ0) is 26.6. The number of primary amides is 6. The molecule has 0 unspecified atom stereocenters. The Morgan fingerprint density at radius 2 is 0.778 bits per heavy atom. The third-order valence-corrected chi connectivity index (χ3v) is 5.20. The summed E-state index contributed by atoms with van der Waals surface area (Å²) < 4.78 is 0. The Balaban J connectivity index is 2.67. The van der Waals surface area contributed by atoms with Gasteiger partial charge >= 0.3 is 0 Å². The molecule has 0 fully saturated rings. The zero-order valence-electron chi connectivity index (χ0n) is 17.6. The van der Waals surface area contributed by atoms with Gasteiger partial charge in [0.1, 0.15) is 16.6 Å². The third kappa shape index (κ3) is 3.05. The first kappa shape index (κ1) is 23.2. The average Bonchev–Trinajstić information content (AvgIpc) is 2.80. The van der Waals surface area contributed by atoms with Gasteiger partial charge in [-0.1, -0.05) is 0 Å². The minimum Gasteiger partial charge on any atom is -0.366 e. The second kappa shape index (κ2) is 7.83. The lowest BCUT2D eigenvalue weighted by atomic mass is 9.84. The molecule has 4 aromatic rings. The summed E-state index contributed by atoms with van der Waals surface area (Å²) >= 11 is 0. The van der Waals surface area contributed by atoms with Crippen LogP contribution in [0.4, 0.5) is 0 Å². The predicted octanol–water partition coefficient (Wildman–Crippen LogP) is -3.89. The van der Waals surface area contributed by atoms with Crippen LogP contribution in [0.15, 0.2) is 0 Å². The number of carbonyl (C=O) groups excluding carboxylic acids is 6. The number of nitrogens with zero attached hydrogens (tertiary/aromatic N) is 6. The van der Waals surface area contributed by atoms with Crippen LogP contribution < -0.4 is 34.4 Å². The number of rotatable bonds is 6. The SMILES string of the molecule is NC(=O)c1nnc2c3nnnnc3c3c(C(N)=O)c(C(N)=O)c(C(N)=O)c(C(N)=O)c3c2c1C(N)=O. The number of nitrogens with two attached hydrogens (primary N) is 6. The summed E-state index contributed by atoms with van der Waals surface area (Å²) in [5.41, 5.74) is 27.0. The largest absolute Gasteiger partial charge is 0.366 e. The van der Waals surface area contributed by atoms with Crippen molar-refractivity contribution in [1.82, 2.24) is 30.8 Å². The molecule has 2 heterocycles. The van der Waals surface area contributed by atoms with Crippen LogP contribution >= 0.6 is 0 Å². The third-order valence-electron chi connectivity index (χ3n) is 5.20. The van der Waals surface area contributed by atoms with E-state index in [2.05, 4.69) is 30.8 Å². The van der Waals surface area contributed by atoms with Crippen LogP contribution in [0.1, 0.15) is 62.3 Å². The summed E-state index contributed by atoms with van der Waals surface area (Å²) in [4.78, 5) is 74.8. The average molecular weight is 492 g/mol. The maximum Gasteiger partial charge on any atom is 0.270 e. The Labute approximate surface area is 196 Å². The Morgan fingerprint density at radius 1 is 0.389 bits per heavy atom. The van der Waals surface area contributed by atoms with E-state index < -0.39 is 85.1 Å². The van der Waals surface area contributed by atoms with Crippen LogP contribution in [0.25, 0.3) is 32.7 Å². The highest BCUT2D eigenvalue weighted by molar-refractivity contribution is 6.37. The summed E-state index contributed by atoms with van der Waals surface area (Å²) in [5, 5.41) is 20.3. The summed E-state index contributed by atoms with van der Waals surface area (Å²) in [6, 6.07) is 0. The molecule has 0 aliphatic heterocycles. The normalized spacial score (nSPS) is 11.0. The summed E-state index contributed by atoms with van der Waals surface area (Å²) in [7, 11) is 0. The molecule has 2 aromatic carbocycles. The van der Waals surface area contributed by atoms with Crippen LogP contribution in [0.3, 0.4) is 0 Å². The van der Waals surface area contributed by atoms with Gasteiger partial charge in [-0.2, -0.15) is 0 Å². The quantitative estimate of drug-likeness (QED) is 0.141. The van der Waals surface area contributed by atoms with E-state index in [4.69, 9.17) is 34.4 Å². The van der Waals surface area contributed by atoms with Crippen molar-refractivity contribution in [2.75, 3.05) is 0 Å². The highest BCUT2D eigenvalue weighted by Crippen LogP contribution is 2.40. The first-order chi connectivity index (χ1) is 16.9. The van der Waals surface area contributed by atoms with E-state index in [1.165, 1.54) is 0 Å². The molecule has 6 amide bonds. The summed E-state index contributed by atoms with van der Waals surface area (Å²) in [6.45, 7) is 0. The molecule has 0 radical (unpaired) electrons. The predicted molar refractivity (Wildman–Crippen MR) is 117 cm³/mol. The van der Waals surface area contributed by atoms with Gasteiger partial charge in [-0.15, -0.1) is 20.4 Å². The smallest absolute Gasteiger partial charge is 0.270 e. The number of fused-ring (bicyclic) bond motifs is 6. The molecule has 2 aromatic heterocycles. The Bertz CT molecular complexity index is 1750. The highest BCUT2D eigenvalue weighted by atomic mass is 16.2. The van der Waals surface area contributed by atoms with Gasteiger partial charge in [0.05, 0.1) is 27.8 Å². The molecular weight excluding hydrogens is 480 g/mol. The second-order valence-electron chi connectivity index (χ2n) is 7.16. The molecule has 0 aliphatic rings. The fourth-order valence-electron chi connectivity index (χ4n) is 4.03. The van der Waals surface area contributed by atoms with Crippen LogP contribution in [0, 0.1) is 0 Å². The molecule has 0 atom stereocenters. The van der Waals surface area contributed by atoms with Crippen LogP contribution in [0.5, 0.6) is 0 Å². The molecule has 0 saturated carbocycles. The molecule has 36 heavy (non-hydrogen) atoms. The number of hydrogen-bond acceptors (Lipinski definition) is 12. The molecule has 0 aliphatic carbocycles. The van der Waals surface area contributed by atoms with Crippen LogP contribution in [0.2, 0.25) is 0 Å². The van der Waals surface area contributed by atoms with Crippen LogP contribution in [-0.2, 0) is 0 Å². The van der Waals surface area contributed by atoms with Crippen molar-refractivity contribution in [2.45, 2.75) is 0 Å². The molecule has 18 heteroatoms. The van der Waals surface area contributed by atoms with Crippen molar-refractivity contribution < 1.29 is 28.8 Å². The van der Waals surface area contributed by atoms with E-state index in [0.717, 1.165) is 0 Å². The maximum atomic E-state index is 12.7. The number of aromatic nitrogens is 6. The van der Waals surface area contributed by atoms with E-state index in [1.807, 2.05) is 0 Å². The van der Waals surface area contributed by atoms with Gasteiger partial charge in [-0.25, -0.2) is 0 Å². The van der Waals surface area contributed by atoms with E-state index in [-0.39, 0.29) is 16.6 Å². The van der Waals surface area contributed by atoms with Crippen molar-refractivity contribution in [2.24, 2.45) is 34.4 Å². The van der Waals surface area contributed by atoms with E-state index in [1.54, 1.807) is 0 Å². The van der Waals surface area contributed by atoms with Crippen molar-refractivity contribution >= 4 is 68.2 Å². The monoisotopic (exact) mass is 492 g/mol. The molecule has 4 rings (SSSR count). The van der Waals surface area contributed by atoms with Gasteiger partial charge in [0.2, 0.25) is 23.6 Å². The lowest BCUT2D eigenvalue weighted by molar-refractivity contribution is 0.0946. The van der Waals surface area contributed by atoms with E-state index in [9.17, 15) is 28.8 Å². The first-order valence-electron chi connectivity index (χ1n) is 9.40. The summed E-state index contributed by atoms with van der Waals surface area (Å²) in [5.74, 6) is -8.10. The summed E-state index contributed by atoms with van der Waals surface area (Å²) in [6.07, 6.45) is 0. The minimum absolute atomic E-state index is 0.293. The highest BCUT2D eigenvalue weighted by Gasteiger charge is 2.35. The van der Waals surface area contributed by atoms with Crippen LogP contribution in [-0.4, -0.2) is 66.3 Å². The topological polar surface area (TPSA) is 336 Å². The fraction of sp³-hybridized carbons (Fsp3) is 0. The molecule has 0 saturated heterocycles. The molecule has 180 valence electrons. The van der Waals surface area contributed by atoms with Gasteiger partial charge in [0, 0.05) is 16.2 Å². The molecular formula is C18H12N12O6. The Morgan fingerprint density at radius 3 is 1.22 bits per heavy atom. The number of hydrogen-bond donors (Lipinski definition) is 6. The van der Waals surface area contributed by atoms with Gasteiger partial charge < -0.3 is 34.4 Å². The van der Waals surface area contributed by atoms with Crippen molar-refractivity contribution in [3.05, 3.63) is 33.5 Å². The Kier molecular flexibility index (Phi) is 5.05. The van der Waals surface area contributed by atoms with Gasteiger partial charge in [-0.3, -0.25) is 28.8 Å². The lowest BCUT2D eigenvalue weighted by Gasteiger charge is -2.19. The molecule has 18 nitrogen and oxygen atoms in total. The molecule has 0 bridgehead atoms. The standard InChI is InChI=1S/C18H12N12O6/c19-13(31)4-1-2(5(14(20)32)7(16(22)34)6(4)15(21)33)10-12(28-30-29-27-10)9-3(1)8(17(23)35)11(18(24)36)26-25-9/h(H2,19,31)(H2,20,32)(H2,21,33)(H2,22,34)(H2,23,35)(H2,24,36). The number of amides is 6. The van der Waals surface area contributed by atoms with Crippen molar-refractivity contribution in [3.8, 4) is 0 Å². The molecule has 12 N–H and O–H groups in total. The van der Waals surface area contributed by atoms with Crippen molar-refractivity contribution in [1.29, 1.82) is 0 Å². The van der Waals surface area contributed by atoms with E-state index in [0.29, 0.717) is 0 Å². The van der Waals surface area contributed by atoms with Gasteiger partial charge in [0.25, 0.3) is 11.8 Å². The van der Waals surface area contributed by atoms with Gasteiger partial charge in [0.15, 0.2) is 5.69 Å². The number of benzene rings is 2. The zero-order valence-corrected chi connectivity index (χ0v) is 17.6. The molecule has 0 spiro atoms.